The van der Waals surface area contributed by atoms with Crippen LogP contribution < -0.4 is 4.90 Å². The van der Waals surface area contributed by atoms with Crippen LogP contribution in [0.1, 0.15) is 25.7 Å². The van der Waals surface area contributed by atoms with Crippen LogP contribution >= 0.6 is 11.3 Å². The number of anilines is 1. The first kappa shape index (κ1) is 15.4. The first-order chi connectivity index (χ1) is 11.6. The van der Waals surface area contributed by atoms with Gasteiger partial charge in [0, 0.05) is 37.5 Å². The Morgan fingerprint density at radius 3 is 2.62 bits per heavy atom. The van der Waals surface area contributed by atoms with Crippen LogP contribution in [-0.4, -0.2) is 51.3 Å². The Balaban J connectivity index is 1.50. The summed E-state index contributed by atoms with van der Waals surface area (Å²) >= 11 is 1.38. The summed E-state index contributed by atoms with van der Waals surface area (Å²) < 4.78 is 1.52. The summed E-state index contributed by atoms with van der Waals surface area (Å²) in [7, 11) is 0. The van der Waals surface area contributed by atoms with Gasteiger partial charge in [-0.1, -0.05) is 24.2 Å². The van der Waals surface area contributed by atoms with Gasteiger partial charge in [0.05, 0.1) is 0 Å². The summed E-state index contributed by atoms with van der Waals surface area (Å²) in [5.74, 6) is 0.873. The van der Waals surface area contributed by atoms with Gasteiger partial charge >= 0.3 is 5.82 Å². The molecule has 2 aromatic heterocycles. The molecule has 3 heterocycles. The molecule has 0 radical (unpaired) electrons. The van der Waals surface area contributed by atoms with E-state index >= 15 is 0 Å². The topological polar surface area (TPSA) is 84.0 Å². The van der Waals surface area contributed by atoms with E-state index in [-0.39, 0.29) is 22.6 Å². The minimum Gasteiger partial charge on any atom is -0.358 e. The predicted molar refractivity (Wildman–Crippen MR) is 90.5 cm³/mol. The number of hydrogen-bond donors (Lipinski definition) is 0. The Bertz CT molecular complexity index is 771. The largest absolute Gasteiger partial charge is 0.373 e. The quantitative estimate of drug-likeness (QED) is 0.626. The van der Waals surface area contributed by atoms with Gasteiger partial charge < -0.3 is 19.9 Å². The fourth-order valence-corrected chi connectivity index (χ4v) is 4.42. The predicted octanol–water partition coefficient (Wildman–Crippen LogP) is 2.14. The second-order valence-electron chi connectivity index (χ2n) is 6.37. The second kappa shape index (κ2) is 6.04. The average Bonchev–Trinajstić information content (AvgIpc) is 3.30. The fourth-order valence-electron chi connectivity index (χ4n) is 3.71. The Morgan fingerprint density at radius 2 is 1.96 bits per heavy atom. The van der Waals surface area contributed by atoms with Crippen LogP contribution in [0.25, 0.3) is 4.96 Å². The zero-order valence-electron chi connectivity index (χ0n) is 13.3. The van der Waals surface area contributed by atoms with Crippen LogP contribution in [0, 0.1) is 16.0 Å². The molecule has 1 saturated carbocycles. The number of thiazole rings is 1. The maximum Gasteiger partial charge on any atom is 0.373 e. The maximum atomic E-state index is 12.5. The van der Waals surface area contributed by atoms with E-state index in [2.05, 4.69) is 4.98 Å². The number of nitro groups is 1. The highest BCUT2D eigenvalue weighted by Gasteiger charge is 2.33. The summed E-state index contributed by atoms with van der Waals surface area (Å²) in [5, 5.41) is 13.2. The first-order valence-corrected chi connectivity index (χ1v) is 9.17. The van der Waals surface area contributed by atoms with Crippen LogP contribution in [0.3, 0.4) is 0 Å². The molecule has 0 N–H and O–H groups in total. The van der Waals surface area contributed by atoms with Gasteiger partial charge in [0.2, 0.25) is 11.7 Å². The normalized spacial score (nSPS) is 19.3. The molecule has 9 heteroatoms. The lowest BCUT2D eigenvalue weighted by Crippen LogP contribution is -2.50. The molecule has 8 nitrogen and oxygen atoms in total. The van der Waals surface area contributed by atoms with E-state index in [1.807, 2.05) is 9.80 Å². The molecule has 24 heavy (non-hydrogen) atoms. The third-order valence-corrected chi connectivity index (χ3v) is 5.74. The molecule has 1 saturated heterocycles. The number of carbonyl (C=O) groups is 1. The number of amides is 1. The highest BCUT2D eigenvalue weighted by atomic mass is 32.1. The molecule has 2 aromatic rings. The molecule has 4 rings (SSSR count). The Labute approximate surface area is 142 Å². The van der Waals surface area contributed by atoms with Crippen molar-refractivity contribution in [2.75, 3.05) is 31.1 Å². The van der Waals surface area contributed by atoms with E-state index in [1.54, 1.807) is 11.6 Å². The van der Waals surface area contributed by atoms with Crippen molar-refractivity contribution in [1.82, 2.24) is 14.3 Å². The molecule has 0 bridgehead atoms. The number of imidazole rings is 1. The zero-order chi connectivity index (χ0) is 16.7. The standard InChI is InChI=1S/C15H19N5O3S/c21-14(11-3-1-2-4-11)18-7-5-17(6-8-18)12-13(20(22)23)19-9-10-24-15(19)16-12/h9-11H,1-8H2. The summed E-state index contributed by atoms with van der Waals surface area (Å²) in [6.45, 7) is 2.39. The molecule has 1 aliphatic heterocycles. The lowest BCUT2D eigenvalue weighted by Gasteiger charge is -2.35. The molecular formula is C15H19N5O3S. The van der Waals surface area contributed by atoms with Gasteiger partial charge in [0.15, 0.2) is 0 Å². The van der Waals surface area contributed by atoms with E-state index in [0.29, 0.717) is 37.0 Å². The lowest BCUT2D eigenvalue weighted by atomic mass is 10.1. The van der Waals surface area contributed by atoms with E-state index in [4.69, 9.17) is 0 Å². The number of hydrogen-bond acceptors (Lipinski definition) is 6. The molecule has 0 atom stereocenters. The summed E-state index contributed by atoms with van der Waals surface area (Å²) in [4.78, 5) is 32.5. The number of carbonyl (C=O) groups excluding carboxylic acids is 1. The van der Waals surface area contributed by atoms with Crippen molar-refractivity contribution >= 4 is 33.8 Å². The van der Waals surface area contributed by atoms with Crippen LogP contribution in [0.5, 0.6) is 0 Å². The highest BCUT2D eigenvalue weighted by molar-refractivity contribution is 7.15. The molecule has 2 aliphatic rings. The maximum absolute atomic E-state index is 12.5. The second-order valence-corrected chi connectivity index (χ2v) is 7.24. The van der Waals surface area contributed by atoms with Crippen LogP contribution in [0.15, 0.2) is 11.6 Å². The van der Waals surface area contributed by atoms with Crippen LogP contribution in [0.2, 0.25) is 0 Å². The molecule has 1 amide bonds. The first-order valence-electron chi connectivity index (χ1n) is 8.29. The van der Waals surface area contributed by atoms with Gasteiger partial charge in [0.1, 0.15) is 6.20 Å². The van der Waals surface area contributed by atoms with Crippen molar-refractivity contribution in [2.45, 2.75) is 25.7 Å². The smallest absolute Gasteiger partial charge is 0.358 e. The third-order valence-electron chi connectivity index (χ3n) is 4.99. The van der Waals surface area contributed by atoms with Gasteiger partial charge in [-0.15, -0.1) is 0 Å². The van der Waals surface area contributed by atoms with Gasteiger partial charge in [-0.25, -0.2) is 0 Å². The van der Waals surface area contributed by atoms with Gasteiger partial charge in [-0.3, -0.25) is 4.79 Å². The monoisotopic (exact) mass is 349 g/mol. The van der Waals surface area contributed by atoms with Crippen molar-refractivity contribution in [1.29, 1.82) is 0 Å². The Hall–Kier alpha value is -2.16. The molecule has 0 aromatic carbocycles. The summed E-state index contributed by atoms with van der Waals surface area (Å²) in [5.41, 5.74) is 0. The Morgan fingerprint density at radius 1 is 1.25 bits per heavy atom. The average molecular weight is 349 g/mol. The van der Waals surface area contributed by atoms with Crippen molar-refractivity contribution < 1.29 is 9.72 Å². The van der Waals surface area contributed by atoms with E-state index in [0.717, 1.165) is 25.7 Å². The number of nitrogens with zero attached hydrogens (tertiary/aromatic N) is 5. The Kier molecular flexibility index (Phi) is 3.87. The van der Waals surface area contributed by atoms with Gasteiger partial charge in [0.25, 0.3) is 4.96 Å². The number of rotatable bonds is 3. The van der Waals surface area contributed by atoms with Crippen molar-refractivity contribution in [3.05, 3.63) is 21.7 Å². The van der Waals surface area contributed by atoms with E-state index in [9.17, 15) is 14.9 Å². The summed E-state index contributed by atoms with van der Waals surface area (Å²) in [6, 6.07) is 0. The summed E-state index contributed by atoms with van der Waals surface area (Å²) in [6.07, 6.45) is 5.97. The zero-order valence-corrected chi connectivity index (χ0v) is 14.1. The molecule has 0 spiro atoms. The van der Waals surface area contributed by atoms with E-state index < -0.39 is 0 Å². The van der Waals surface area contributed by atoms with Crippen LogP contribution in [0.4, 0.5) is 11.6 Å². The molecule has 2 fully saturated rings. The SMILES string of the molecule is O=C(C1CCCC1)N1CCN(c2nc3sccn3c2[N+](=O)[O-])CC1. The lowest BCUT2D eigenvalue weighted by molar-refractivity contribution is -0.389. The van der Waals surface area contributed by atoms with Crippen LogP contribution in [-0.2, 0) is 4.79 Å². The number of aromatic nitrogens is 2. The fraction of sp³-hybridized carbons (Fsp3) is 0.600. The molecule has 0 unspecified atom stereocenters. The van der Waals surface area contributed by atoms with E-state index in [1.165, 1.54) is 15.7 Å². The number of fused-ring (bicyclic) bond motifs is 1. The van der Waals surface area contributed by atoms with Crippen molar-refractivity contribution in [2.24, 2.45) is 5.92 Å². The minimum atomic E-state index is -0.377. The third kappa shape index (κ3) is 2.52. The molecule has 1 aliphatic carbocycles. The van der Waals surface area contributed by atoms with Crippen molar-refractivity contribution in [3.8, 4) is 0 Å². The van der Waals surface area contributed by atoms with Gasteiger partial charge in [-0.2, -0.15) is 9.38 Å². The molecular weight excluding hydrogens is 330 g/mol. The number of piperazine rings is 1. The van der Waals surface area contributed by atoms with Gasteiger partial charge in [-0.05, 0) is 17.8 Å². The minimum absolute atomic E-state index is 0.0156. The molecule has 128 valence electrons. The highest BCUT2D eigenvalue weighted by Crippen LogP contribution is 2.32. The van der Waals surface area contributed by atoms with Crippen molar-refractivity contribution in [3.63, 3.8) is 0 Å².